The molecule has 25 heavy (non-hydrogen) atoms. The Morgan fingerprint density at radius 3 is 2.96 bits per heavy atom. The Kier molecular flexibility index (Phi) is 4.03. The highest BCUT2D eigenvalue weighted by Crippen LogP contribution is 2.24. The van der Waals surface area contributed by atoms with Crippen LogP contribution in [-0.2, 0) is 11.3 Å². The molecule has 1 aromatic carbocycles. The molecular weight excluding hydrogens is 316 g/mol. The van der Waals surface area contributed by atoms with Crippen molar-refractivity contribution in [2.45, 2.75) is 32.4 Å². The minimum Gasteiger partial charge on any atom is -0.340 e. The van der Waals surface area contributed by atoms with E-state index in [4.69, 9.17) is 0 Å². The number of benzene rings is 1. The second kappa shape index (κ2) is 6.35. The van der Waals surface area contributed by atoms with Crippen molar-refractivity contribution in [2.24, 2.45) is 0 Å². The topological polar surface area (TPSA) is 58.4 Å². The van der Waals surface area contributed by atoms with E-state index in [1.807, 2.05) is 51.7 Å². The first-order valence-corrected chi connectivity index (χ1v) is 8.78. The first-order chi connectivity index (χ1) is 12.1. The smallest absolute Gasteiger partial charge is 0.254 e. The molecule has 0 aliphatic carbocycles. The van der Waals surface area contributed by atoms with Crippen LogP contribution in [0.15, 0.2) is 36.5 Å². The van der Waals surface area contributed by atoms with Gasteiger partial charge in [-0.25, -0.2) is 0 Å². The highest BCUT2D eigenvalue weighted by Gasteiger charge is 2.32. The fourth-order valence-corrected chi connectivity index (χ4v) is 3.79. The lowest BCUT2D eigenvalue weighted by molar-refractivity contribution is -0.128. The number of fused-ring (bicyclic) bond motifs is 1. The summed E-state index contributed by atoms with van der Waals surface area (Å²) in [6.07, 6.45) is 3.32. The Balaban J connectivity index is 1.57. The van der Waals surface area contributed by atoms with Crippen LogP contribution in [-0.4, -0.2) is 51.0 Å². The van der Waals surface area contributed by atoms with Crippen molar-refractivity contribution >= 4 is 11.8 Å². The van der Waals surface area contributed by atoms with Gasteiger partial charge in [-0.3, -0.25) is 14.3 Å². The van der Waals surface area contributed by atoms with E-state index in [9.17, 15) is 9.59 Å². The van der Waals surface area contributed by atoms with Gasteiger partial charge in [0.25, 0.3) is 5.91 Å². The van der Waals surface area contributed by atoms with Crippen molar-refractivity contribution in [2.75, 3.05) is 19.6 Å². The Morgan fingerprint density at radius 2 is 2.20 bits per heavy atom. The Labute approximate surface area is 147 Å². The molecule has 6 heteroatoms. The maximum absolute atomic E-state index is 12.9. The molecule has 0 unspecified atom stereocenters. The molecule has 2 amide bonds. The van der Waals surface area contributed by atoms with Crippen LogP contribution >= 0.6 is 0 Å². The molecule has 0 spiro atoms. The van der Waals surface area contributed by atoms with Gasteiger partial charge in [-0.2, -0.15) is 5.10 Å². The van der Waals surface area contributed by atoms with E-state index in [-0.39, 0.29) is 17.9 Å². The molecule has 0 N–H and O–H groups in total. The molecule has 2 aliphatic heterocycles. The minimum absolute atomic E-state index is 0.00885. The standard InChI is InChI=1S/C19H22N4O2/c1-14-4-2-5-15(10-14)19(25)22-11-16-7-8-20-23(16)17(13-22)12-21-9-3-6-18(21)24/h2,4-5,7-8,10,17H,3,6,9,11-13H2,1H3/t17-/m0/s1. The van der Waals surface area contributed by atoms with Gasteiger partial charge in [-0.15, -0.1) is 0 Å². The Bertz CT molecular complexity index is 813. The van der Waals surface area contributed by atoms with Gasteiger partial charge in [0.15, 0.2) is 0 Å². The summed E-state index contributed by atoms with van der Waals surface area (Å²) in [5, 5.41) is 4.43. The van der Waals surface area contributed by atoms with Gasteiger partial charge in [0, 0.05) is 37.8 Å². The fourth-order valence-electron chi connectivity index (χ4n) is 3.79. The number of hydrogen-bond acceptors (Lipinski definition) is 3. The summed E-state index contributed by atoms with van der Waals surface area (Å²) in [4.78, 5) is 28.7. The normalized spacial score (nSPS) is 20.0. The lowest BCUT2D eigenvalue weighted by Gasteiger charge is -2.35. The lowest BCUT2D eigenvalue weighted by atomic mass is 10.1. The van der Waals surface area contributed by atoms with Gasteiger partial charge < -0.3 is 9.80 Å². The first-order valence-electron chi connectivity index (χ1n) is 8.78. The number of nitrogens with zero attached hydrogens (tertiary/aromatic N) is 4. The van der Waals surface area contributed by atoms with E-state index < -0.39 is 0 Å². The number of aryl methyl sites for hydroxylation is 1. The molecule has 4 rings (SSSR count). The number of carbonyl (C=O) groups excluding carboxylic acids is 2. The summed E-state index contributed by atoms with van der Waals surface area (Å²) in [6.45, 7) is 4.54. The maximum atomic E-state index is 12.9. The van der Waals surface area contributed by atoms with Crippen molar-refractivity contribution in [3.8, 4) is 0 Å². The highest BCUT2D eigenvalue weighted by molar-refractivity contribution is 5.94. The molecule has 130 valence electrons. The number of hydrogen-bond donors (Lipinski definition) is 0. The van der Waals surface area contributed by atoms with Gasteiger partial charge in [-0.05, 0) is 31.5 Å². The number of aromatic nitrogens is 2. The summed E-state index contributed by atoms with van der Waals surface area (Å²) in [7, 11) is 0. The molecule has 1 fully saturated rings. The predicted octanol–water partition coefficient (Wildman–Crippen LogP) is 2.01. The summed E-state index contributed by atoms with van der Waals surface area (Å²) < 4.78 is 1.98. The van der Waals surface area contributed by atoms with E-state index in [1.165, 1.54) is 0 Å². The van der Waals surface area contributed by atoms with Crippen LogP contribution in [0.2, 0.25) is 0 Å². The van der Waals surface area contributed by atoms with Crippen LogP contribution in [0.1, 0.15) is 40.5 Å². The van der Waals surface area contributed by atoms with Gasteiger partial charge >= 0.3 is 0 Å². The Hall–Kier alpha value is -2.63. The van der Waals surface area contributed by atoms with Crippen molar-refractivity contribution in [1.82, 2.24) is 19.6 Å². The molecule has 3 heterocycles. The largest absolute Gasteiger partial charge is 0.340 e. The zero-order valence-corrected chi connectivity index (χ0v) is 14.4. The number of likely N-dealkylation sites (tertiary alicyclic amines) is 1. The zero-order valence-electron chi connectivity index (χ0n) is 14.4. The van der Waals surface area contributed by atoms with E-state index in [0.717, 1.165) is 24.2 Å². The highest BCUT2D eigenvalue weighted by atomic mass is 16.2. The summed E-state index contributed by atoms with van der Waals surface area (Å²) >= 11 is 0. The number of rotatable bonds is 3. The molecule has 0 radical (unpaired) electrons. The van der Waals surface area contributed by atoms with Crippen LogP contribution < -0.4 is 0 Å². The lowest BCUT2D eigenvalue weighted by Crippen LogP contribution is -2.45. The van der Waals surface area contributed by atoms with Gasteiger partial charge in [-0.1, -0.05) is 17.7 Å². The average molecular weight is 338 g/mol. The third kappa shape index (κ3) is 3.04. The zero-order chi connectivity index (χ0) is 17.4. The van der Waals surface area contributed by atoms with Crippen LogP contribution in [0.3, 0.4) is 0 Å². The monoisotopic (exact) mass is 338 g/mol. The van der Waals surface area contributed by atoms with Crippen LogP contribution in [0.5, 0.6) is 0 Å². The van der Waals surface area contributed by atoms with Crippen molar-refractivity contribution < 1.29 is 9.59 Å². The quantitative estimate of drug-likeness (QED) is 0.860. The van der Waals surface area contributed by atoms with Crippen molar-refractivity contribution in [3.63, 3.8) is 0 Å². The summed E-state index contributed by atoms with van der Waals surface area (Å²) in [5.74, 6) is 0.240. The van der Waals surface area contributed by atoms with E-state index in [0.29, 0.717) is 31.6 Å². The molecular formula is C19H22N4O2. The SMILES string of the molecule is Cc1cccc(C(=O)N2Cc3ccnn3[C@@H](CN3CCCC3=O)C2)c1. The van der Waals surface area contributed by atoms with Gasteiger partial charge in [0.1, 0.15) is 0 Å². The fraction of sp³-hybridized carbons (Fsp3) is 0.421. The molecule has 1 saturated heterocycles. The van der Waals surface area contributed by atoms with E-state index in [1.54, 1.807) is 6.20 Å². The molecule has 0 saturated carbocycles. The van der Waals surface area contributed by atoms with Crippen molar-refractivity contribution in [1.29, 1.82) is 0 Å². The van der Waals surface area contributed by atoms with E-state index >= 15 is 0 Å². The van der Waals surface area contributed by atoms with Gasteiger partial charge in [0.2, 0.25) is 5.91 Å². The molecule has 2 aliphatic rings. The van der Waals surface area contributed by atoms with Crippen LogP contribution in [0.4, 0.5) is 0 Å². The molecule has 6 nitrogen and oxygen atoms in total. The summed E-state index contributed by atoms with van der Waals surface area (Å²) in [5.41, 5.74) is 2.81. The average Bonchev–Trinajstić information content (AvgIpc) is 3.23. The molecule has 2 aromatic rings. The predicted molar refractivity (Wildman–Crippen MR) is 93.0 cm³/mol. The molecule has 1 aromatic heterocycles. The maximum Gasteiger partial charge on any atom is 0.254 e. The van der Waals surface area contributed by atoms with Gasteiger partial charge in [0.05, 0.1) is 18.3 Å². The molecule has 1 atom stereocenters. The van der Waals surface area contributed by atoms with Crippen LogP contribution in [0.25, 0.3) is 0 Å². The number of carbonyl (C=O) groups is 2. The third-order valence-electron chi connectivity index (χ3n) is 5.04. The minimum atomic E-state index is 0.00885. The number of amides is 2. The third-order valence-corrected chi connectivity index (χ3v) is 5.04. The second-order valence-corrected chi connectivity index (χ2v) is 6.92. The summed E-state index contributed by atoms with van der Waals surface area (Å²) in [6, 6.07) is 9.65. The Morgan fingerprint density at radius 1 is 1.32 bits per heavy atom. The second-order valence-electron chi connectivity index (χ2n) is 6.92. The van der Waals surface area contributed by atoms with Crippen molar-refractivity contribution in [3.05, 3.63) is 53.3 Å². The molecule has 0 bridgehead atoms. The van der Waals surface area contributed by atoms with E-state index in [2.05, 4.69) is 5.10 Å². The van der Waals surface area contributed by atoms with Crippen LogP contribution in [0, 0.1) is 6.92 Å². The first kappa shape index (κ1) is 15.9.